The predicted molar refractivity (Wildman–Crippen MR) is 92.8 cm³/mol. The van der Waals surface area contributed by atoms with Crippen LogP contribution >= 0.6 is 11.3 Å². The van der Waals surface area contributed by atoms with Gasteiger partial charge in [-0.05, 0) is 36.4 Å². The number of hydrogen-bond acceptors (Lipinski definition) is 6. The molecule has 1 saturated heterocycles. The van der Waals surface area contributed by atoms with E-state index in [-0.39, 0.29) is 17.6 Å². The molecule has 0 bridgehead atoms. The number of carbonyl (C=O) groups excluding carboxylic acids is 1. The molecule has 3 aromatic heterocycles. The molecule has 27 heavy (non-hydrogen) atoms. The summed E-state index contributed by atoms with van der Waals surface area (Å²) in [7, 11) is 0. The minimum atomic E-state index is -4.62. The van der Waals surface area contributed by atoms with E-state index >= 15 is 0 Å². The molecule has 1 aliphatic rings. The third-order valence-electron chi connectivity index (χ3n) is 4.44. The predicted octanol–water partition coefficient (Wildman–Crippen LogP) is 2.60. The Labute approximate surface area is 155 Å². The topological polar surface area (TPSA) is 75.4 Å². The van der Waals surface area contributed by atoms with Gasteiger partial charge in [-0.3, -0.25) is 4.79 Å². The number of nitrogens with one attached hydrogen (secondary N) is 1. The Balaban J connectivity index is 1.44. The van der Waals surface area contributed by atoms with E-state index in [1.807, 2.05) is 10.3 Å². The minimum Gasteiger partial charge on any atom is -0.355 e. The van der Waals surface area contributed by atoms with Crippen LogP contribution in [-0.4, -0.2) is 44.8 Å². The third-order valence-corrected chi connectivity index (χ3v) is 5.12. The number of alkyl halides is 3. The van der Waals surface area contributed by atoms with E-state index in [0.717, 1.165) is 4.52 Å². The lowest BCUT2D eigenvalue weighted by molar-refractivity contribution is -0.146. The number of amides is 1. The Bertz CT molecular complexity index is 947. The van der Waals surface area contributed by atoms with E-state index in [4.69, 9.17) is 0 Å². The quantitative estimate of drug-likeness (QED) is 0.737. The Hall–Kier alpha value is -2.69. The van der Waals surface area contributed by atoms with Gasteiger partial charge in [0.2, 0.25) is 0 Å². The van der Waals surface area contributed by atoms with Crippen molar-refractivity contribution in [2.45, 2.75) is 25.1 Å². The number of fused-ring (bicyclic) bond motifs is 1. The number of nitrogens with zero attached hydrogens (tertiary/aromatic N) is 5. The summed E-state index contributed by atoms with van der Waals surface area (Å²) >= 11 is 1.46. The van der Waals surface area contributed by atoms with E-state index in [0.29, 0.717) is 37.3 Å². The van der Waals surface area contributed by atoms with Crippen LogP contribution in [0.1, 0.15) is 29.0 Å². The van der Waals surface area contributed by atoms with Crippen molar-refractivity contribution in [2.24, 2.45) is 0 Å². The lowest BCUT2D eigenvalue weighted by Crippen LogP contribution is -2.45. The third kappa shape index (κ3) is 3.59. The maximum atomic E-state index is 13.0. The number of anilines is 1. The maximum Gasteiger partial charge on any atom is 0.453 e. The molecule has 1 amide bonds. The number of halogens is 3. The van der Waals surface area contributed by atoms with Crippen LogP contribution in [0.15, 0.2) is 29.0 Å². The molecule has 1 aliphatic heterocycles. The molecule has 0 aromatic carbocycles. The van der Waals surface area contributed by atoms with E-state index in [2.05, 4.69) is 20.6 Å². The van der Waals surface area contributed by atoms with Crippen LogP contribution in [0.4, 0.5) is 19.0 Å². The van der Waals surface area contributed by atoms with E-state index < -0.39 is 12.0 Å². The molecule has 11 heteroatoms. The summed E-state index contributed by atoms with van der Waals surface area (Å²) in [6.45, 7) is 1.16. The summed E-state index contributed by atoms with van der Waals surface area (Å²) in [4.78, 5) is 14.0. The largest absolute Gasteiger partial charge is 0.453 e. The smallest absolute Gasteiger partial charge is 0.355 e. The Morgan fingerprint density at radius 2 is 1.96 bits per heavy atom. The molecule has 4 rings (SSSR count). The standard InChI is InChI=1S/C16H15F3N6OS/c17-16(18,19)15-22-21-12-1-2-13(23-25(12)15)24-6-3-11(4-7-24)20-14(26)10-5-8-27-9-10/h1-2,5,8-9,11H,3-4,6-7H2,(H,20,26). The highest BCUT2D eigenvalue weighted by molar-refractivity contribution is 7.08. The van der Waals surface area contributed by atoms with Crippen LogP contribution in [0, 0.1) is 0 Å². The summed E-state index contributed by atoms with van der Waals surface area (Å²) in [5.74, 6) is -0.818. The van der Waals surface area contributed by atoms with E-state index in [1.54, 1.807) is 17.5 Å². The van der Waals surface area contributed by atoms with Gasteiger partial charge in [-0.1, -0.05) is 0 Å². The molecule has 0 spiro atoms. The van der Waals surface area contributed by atoms with Crippen molar-refractivity contribution in [3.8, 4) is 0 Å². The SMILES string of the molecule is O=C(NC1CCN(c2ccc3nnc(C(F)(F)F)n3n2)CC1)c1ccsc1. The van der Waals surface area contributed by atoms with Gasteiger partial charge in [0, 0.05) is 30.1 Å². The molecule has 142 valence electrons. The fraction of sp³-hybridized carbons (Fsp3) is 0.375. The number of aromatic nitrogens is 4. The summed E-state index contributed by atoms with van der Waals surface area (Å²) in [6, 6.07) is 4.90. The molecule has 1 fully saturated rings. The van der Waals surface area contributed by atoms with Gasteiger partial charge in [0.15, 0.2) is 5.65 Å². The average molecular weight is 396 g/mol. The fourth-order valence-electron chi connectivity index (χ4n) is 3.04. The van der Waals surface area contributed by atoms with Gasteiger partial charge >= 0.3 is 6.18 Å². The number of rotatable bonds is 3. The van der Waals surface area contributed by atoms with Crippen LogP contribution in [0.5, 0.6) is 0 Å². The Morgan fingerprint density at radius 3 is 2.63 bits per heavy atom. The van der Waals surface area contributed by atoms with E-state index in [1.165, 1.54) is 17.4 Å². The van der Waals surface area contributed by atoms with Crippen molar-refractivity contribution < 1.29 is 18.0 Å². The molecule has 0 saturated carbocycles. The second-order valence-electron chi connectivity index (χ2n) is 6.23. The average Bonchev–Trinajstić information content (AvgIpc) is 3.31. The molecule has 0 unspecified atom stereocenters. The van der Waals surface area contributed by atoms with Crippen molar-refractivity contribution in [2.75, 3.05) is 18.0 Å². The number of thiophene rings is 1. The highest BCUT2D eigenvalue weighted by Crippen LogP contribution is 2.28. The van der Waals surface area contributed by atoms with Gasteiger partial charge in [0.25, 0.3) is 11.7 Å². The number of hydrogen-bond donors (Lipinski definition) is 1. The molecule has 0 radical (unpaired) electrons. The summed E-state index contributed by atoms with van der Waals surface area (Å²) in [6.07, 6.45) is -3.25. The summed E-state index contributed by atoms with van der Waals surface area (Å²) in [5.41, 5.74) is 0.686. The second-order valence-corrected chi connectivity index (χ2v) is 7.01. The first kappa shape index (κ1) is 17.7. The zero-order valence-electron chi connectivity index (χ0n) is 14.0. The highest BCUT2D eigenvalue weighted by atomic mass is 32.1. The van der Waals surface area contributed by atoms with Gasteiger partial charge in [0.05, 0.1) is 0 Å². The van der Waals surface area contributed by atoms with Crippen molar-refractivity contribution in [3.05, 3.63) is 40.3 Å². The van der Waals surface area contributed by atoms with Crippen molar-refractivity contribution >= 4 is 28.7 Å². The molecular weight excluding hydrogens is 381 g/mol. The summed E-state index contributed by atoms with van der Waals surface area (Å²) in [5, 5.41) is 17.4. The zero-order chi connectivity index (χ0) is 19.0. The summed E-state index contributed by atoms with van der Waals surface area (Å²) < 4.78 is 39.7. The van der Waals surface area contributed by atoms with E-state index in [9.17, 15) is 18.0 Å². The zero-order valence-corrected chi connectivity index (χ0v) is 14.8. The number of piperidine rings is 1. The number of carbonyl (C=O) groups is 1. The van der Waals surface area contributed by atoms with Gasteiger partial charge in [0.1, 0.15) is 5.82 Å². The first-order valence-electron chi connectivity index (χ1n) is 8.29. The highest BCUT2D eigenvalue weighted by Gasteiger charge is 2.38. The van der Waals surface area contributed by atoms with Gasteiger partial charge < -0.3 is 10.2 Å². The molecule has 4 heterocycles. The van der Waals surface area contributed by atoms with Gasteiger partial charge in [-0.25, -0.2) is 0 Å². The van der Waals surface area contributed by atoms with Crippen molar-refractivity contribution in [1.82, 2.24) is 25.1 Å². The van der Waals surface area contributed by atoms with Crippen LogP contribution in [0.25, 0.3) is 5.65 Å². The van der Waals surface area contributed by atoms with Crippen LogP contribution in [0.2, 0.25) is 0 Å². The second kappa shape index (κ2) is 6.80. The molecule has 3 aromatic rings. The Kier molecular flexibility index (Phi) is 4.46. The van der Waals surface area contributed by atoms with Crippen LogP contribution < -0.4 is 10.2 Å². The van der Waals surface area contributed by atoms with Crippen LogP contribution in [0.3, 0.4) is 0 Å². The lowest BCUT2D eigenvalue weighted by atomic mass is 10.0. The first-order chi connectivity index (χ1) is 12.9. The maximum absolute atomic E-state index is 13.0. The molecular formula is C16H15F3N6OS. The van der Waals surface area contributed by atoms with Gasteiger partial charge in [-0.15, -0.1) is 15.3 Å². The molecule has 0 aliphatic carbocycles. The van der Waals surface area contributed by atoms with Gasteiger partial charge in [-0.2, -0.15) is 29.0 Å². The first-order valence-corrected chi connectivity index (χ1v) is 9.24. The fourth-order valence-corrected chi connectivity index (χ4v) is 3.68. The van der Waals surface area contributed by atoms with Crippen LogP contribution in [-0.2, 0) is 6.18 Å². The monoisotopic (exact) mass is 396 g/mol. The lowest BCUT2D eigenvalue weighted by Gasteiger charge is -2.33. The molecule has 7 nitrogen and oxygen atoms in total. The normalized spacial score (nSPS) is 16.0. The van der Waals surface area contributed by atoms with Crippen molar-refractivity contribution in [3.63, 3.8) is 0 Å². The Morgan fingerprint density at radius 1 is 1.19 bits per heavy atom. The molecule has 1 N–H and O–H groups in total. The van der Waals surface area contributed by atoms with Crippen molar-refractivity contribution in [1.29, 1.82) is 0 Å². The minimum absolute atomic E-state index is 0.0260. The molecule has 0 atom stereocenters.